The molecular formula is C11H17N3O3. The van der Waals surface area contributed by atoms with E-state index in [9.17, 15) is 9.59 Å². The zero-order valence-corrected chi connectivity index (χ0v) is 9.99. The Kier molecular flexibility index (Phi) is 4.25. The Hall–Kier alpha value is -1.85. The van der Waals surface area contributed by atoms with Gasteiger partial charge in [-0.05, 0) is 19.4 Å². The number of carboxylic acid groups (broad SMARTS) is 1. The minimum absolute atomic E-state index is 0.104. The lowest BCUT2D eigenvalue weighted by atomic mass is 9.96. The van der Waals surface area contributed by atoms with Crippen LogP contribution in [-0.2, 0) is 16.0 Å². The molecule has 3 N–H and O–H groups in total. The van der Waals surface area contributed by atoms with Crippen molar-refractivity contribution in [3.63, 3.8) is 0 Å². The number of hydrogen-bond acceptors (Lipinski definition) is 3. The van der Waals surface area contributed by atoms with Crippen molar-refractivity contribution in [3.8, 4) is 0 Å². The molecule has 1 aromatic rings. The lowest BCUT2D eigenvalue weighted by molar-refractivity contribution is -0.147. The number of aromatic amines is 1. The number of aromatic nitrogens is 2. The number of carboxylic acids is 1. The Morgan fingerprint density at radius 3 is 2.76 bits per heavy atom. The van der Waals surface area contributed by atoms with Gasteiger partial charge in [-0.3, -0.25) is 9.89 Å². The van der Waals surface area contributed by atoms with Gasteiger partial charge >= 0.3 is 5.97 Å². The molecule has 0 aliphatic heterocycles. The standard InChI is InChI=1S/C11H17N3O3/c1-3-5-11(2,10(16)17)13-9(15)7-8-4-6-12-14-8/h4,6H,3,5,7H2,1-2H3,(H,12,14)(H,13,15)(H,16,17). The highest BCUT2D eigenvalue weighted by Crippen LogP contribution is 2.12. The Labute approximate surface area is 99.4 Å². The minimum atomic E-state index is -1.20. The van der Waals surface area contributed by atoms with Gasteiger partial charge in [0.2, 0.25) is 5.91 Å². The molecule has 1 rings (SSSR count). The molecule has 0 saturated heterocycles. The molecule has 1 unspecified atom stereocenters. The van der Waals surface area contributed by atoms with Crippen molar-refractivity contribution in [1.29, 1.82) is 0 Å². The second-order valence-electron chi connectivity index (χ2n) is 4.19. The number of aliphatic carboxylic acids is 1. The largest absolute Gasteiger partial charge is 0.480 e. The van der Waals surface area contributed by atoms with E-state index in [0.29, 0.717) is 18.5 Å². The third-order valence-corrected chi connectivity index (χ3v) is 2.55. The molecule has 0 fully saturated rings. The van der Waals surface area contributed by atoms with Crippen LogP contribution in [0, 0.1) is 0 Å². The normalized spacial score (nSPS) is 14.0. The van der Waals surface area contributed by atoms with E-state index in [1.165, 1.54) is 6.92 Å². The summed E-state index contributed by atoms with van der Waals surface area (Å²) in [5.74, 6) is -1.34. The summed E-state index contributed by atoms with van der Waals surface area (Å²) >= 11 is 0. The van der Waals surface area contributed by atoms with Crippen LogP contribution >= 0.6 is 0 Å². The summed E-state index contributed by atoms with van der Waals surface area (Å²) in [5.41, 5.74) is -0.544. The van der Waals surface area contributed by atoms with E-state index in [4.69, 9.17) is 5.11 Å². The number of nitrogens with zero attached hydrogens (tertiary/aromatic N) is 1. The van der Waals surface area contributed by atoms with Crippen LogP contribution in [-0.4, -0.2) is 32.7 Å². The monoisotopic (exact) mass is 239 g/mol. The van der Waals surface area contributed by atoms with Crippen LogP contribution in [0.25, 0.3) is 0 Å². The van der Waals surface area contributed by atoms with Crippen molar-refractivity contribution >= 4 is 11.9 Å². The van der Waals surface area contributed by atoms with Crippen LogP contribution in [0.2, 0.25) is 0 Å². The summed E-state index contributed by atoms with van der Waals surface area (Å²) in [7, 11) is 0. The molecular weight excluding hydrogens is 222 g/mol. The van der Waals surface area contributed by atoms with Crippen molar-refractivity contribution in [2.75, 3.05) is 0 Å². The average molecular weight is 239 g/mol. The number of carbonyl (C=O) groups excluding carboxylic acids is 1. The topological polar surface area (TPSA) is 95.1 Å². The van der Waals surface area contributed by atoms with Crippen molar-refractivity contribution in [1.82, 2.24) is 15.5 Å². The maximum atomic E-state index is 11.7. The van der Waals surface area contributed by atoms with Crippen molar-refractivity contribution < 1.29 is 14.7 Å². The molecule has 0 bridgehead atoms. The first kappa shape index (κ1) is 13.2. The summed E-state index contributed by atoms with van der Waals surface area (Å²) in [6.45, 7) is 3.39. The van der Waals surface area contributed by atoms with Gasteiger partial charge in [-0.2, -0.15) is 5.10 Å². The maximum Gasteiger partial charge on any atom is 0.329 e. The van der Waals surface area contributed by atoms with Crippen LogP contribution < -0.4 is 5.32 Å². The van der Waals surface area contributed by atoms with Gasteiger partial charge in [-0.15, -0.1) is 0 Å². The molecule has 94 valence electrons. The molecule has 1 heterocycles. The van der Waals surface area contributed by atoms with Crippen LogP contribution in [0.5, 0.6) is 0 Å². The molecule has 0 radical (unpaired) electrons. The second-order valence-corrected chi connectivity index (χ2v) is 4.19. The molecule has 0 aromatic carbocycles. The van der Waals surface area contributed by atoms with Gasteiger partial charge in [0.15, 0.2) is 0 Å². The first-order valence-corrected chi connectivity index (χ1v) is 5.50. The van der Waals surface area contributed by atoms with E-state index in [0.717, 1.165) is 0 Å². The molecule has 0 spiro atoms. The number of rotatable bonds is 6. The summed E-state index contributed by atoms with van der Waals surface area (Å²) in [6.07, 6.45) is 2.74. The molecule has 6 nitrogen and oxygen atoms in total. The van der Waals surface area contributed by atoms with Gasteiger partial charge in [0.25, 0.3) is 0 Å². The zero-order chi connectivity index (χ0) is 12.9. The number of nitrogens with one attached hydrogen (secondary N) is 2. The van der Waals surface area contributed by atoms with Gasteiger partial charge in [0.05, 0.1) is 6.42 Å². The molecule has 0 aliphatic carbocycles. The molecule has 1 amide bonds. The Bertz CT molecular complexity index is 389. The molecule has 6 heteroatoms. The van der Waals surface area contributed by atoms with E-state index in [2.05, 4.69) is 15.5 Å². The number of hydrogen-bond donors (Lipinski definition) is 3. The summed E-state index contributed by atoms with van der Waals surface area (Å²) in [5, 5.41) is 18.0. The van der Waals surface area contributed by atoms with E-state index in [-0.39, 0.29) is 12.3 Å². The van der Waals surface area contributed by atoms with E-state index in [1.54, 1.807) is 12.3 Å². The van der Waals surface area contributed by atoms with Gasteiger partial charge in [0.1, 0.15) is 5.54 Å². The third kappa shape index (κ3) is 3.58. The highest BCUT2D eigenvalue weighted by molar-refractivity contribution is 5.87. The van der Waals surface area contributed by atoms with Crippen LogP contribution in [0.4, 0.5) is 0 Å². The van der Waals surface area contributed by atoms with Crippen LogP contribution in [0.1, 0.15) is 32.4 Å². The second kappa shape index (κ2) is 5.47. The van der Waals surface area contributed by atoms with Gasteiger partial charge < -0.3 is 10.4 Å². The van der Waals surface area contributed by atoms with Gasteiger partial charge in [0, 0.05) is 11.9 Å². The molecule has 0 aliphatic rings. The lowest BCUT2D eigenvalue weighted by Crippen LogP contribution is -2.52. The van der Waals surface area contributed by atoms with Gasteiger partial charge in [-0.25, -0.2) is 4.79 Å². The van der Waals surface area contributed by atoms with E-state index >= 15 is 0 Å². The Morgan fingerprint density at radius 1 is 1.59 bits per heavy atom. The highest BCUT2D eigenvalue weighted by Gasteiger charge is 2.33. The van der Waals surface area contributed by atoms with Crippen molar-refractivity contribution in [2.24, 2.45) is 0 Å². The number of carbonyl (C=O) groups is 2. The third-order valence-electron chi connectivity index (χ3n) is 2.55. The van der Waals surface area contributed by atoms with Crippen LogP contribution in [0.15, 0.2) is 12.3 Å². The fourth-order valence-corrected chi connectivity index (χ4v) is 1.63. The number of H-pyrrole nitrogens is 1. The maximum absolute atomic E-state index is 11.7. The van der Waals surface area contributed by atoms with Crippen molar-refractivity contribution in [3.05, 3.63) is 18.0 Å². The Balaban J connectivity index is 2.61. The van der Waals surface area contributed by atoms with Crippen molar-refractivity contribution in [2.45, 2.75) is 38.6 Å². The predicted octanol–water partition coefficient (Wildman–Crippen LogP) is 0.712. The minimum Gasteiger partial charge on any atom is -0.480 e. The predicted molar refractivity (Wildman–Crippen MR) is 61.4 cm³/mol. The van der Waals surface area contributed by atoms with E-state index in [1.807, 2.05) is 6.92 Å². The first-order chi connectivity index (χ1) is 7.98. The summed E-state index contributed by atoms with van der Waals surface area (Å²) in [6, 6.07) is 1.68. The number of amides is 1. The fraction of sp³-hybridized carbons (Fsp3) is 0.545. The molecule has 1 atom stereocenters. The fourth-order valence-electron chi connectivity index (χ4n) is 1.63. The Morgan fingerprint density at radius 2 is 2.29 bits per heavy atom. The first-order valence-electron chi connectivity index (χ1n) is 5.50. The molecule has 1 aromatic heterocycles. The summed E-state index contributed by atoms with van der Waals surface area (Å²) in [4.78, 5) is 22.8. The molecule has 0 saturated carbocycles. The van der Waals surface area contributed by atoms with Gasteiger partial charge in [-0.1, -0.05) is 13.3 Å². The average Bonchev–Trinajstić information content (AvgIpc) is 2.70. The quantitative estimate of drug-likeness (QED) is 0.681. The van der Waals surface area contributed by atoms with Crippen LogP contribution in [0.3, 0.4) is 0 Å². The van der Waals surface area contributed by atoms with E-state index < -0.39 is 11.5 Å². The lowest BCUT2D eigenvalue weighted by Gasteiger charge is -2.25. The summed E-state index contributed by atoms with van der Waals surface area (Å²) < 4.78 is 0. The highest BCUT2D eigenvalue weighted by atomic mass is 16.4. The molecule has 17 heavy (non-hydrogen) atoms. The smallest absolute Gasteiger partial charge is 0.329 e. The zero-order valence-electron chi connectivity index (χ0n) is 9.99. The SMILES string of the molecule is CCCC(C)(NC(=O)Cc1ccn[nH]1)C(=O)O.